The molecular weight excluding hydrogens is 460 g/mol. The fraction of sp³-hybridized carbons (Fsp3) is 0.321. The number of furan rings is 1. The van der Waals surface area contributed by atoms with E-state index in [1.54, 1.807) is 18.4 Å². The number of carbonyl (C=O) groups is 2. The van der Waals surface area contributed by atoms with E-state index in [-0.39, 0.29) is 11.3 Å². The molecule has 0 saturated carbocycles. The van der Waals surface area contributed by atoms with Crippen LogP contribution in [0.5, 0.6) is 0 Å². The van der Waals surface area contributed by atoms with Crippen LogP contribution < -0.4 is 5.32 Å². The molecule has 0 aliphatic heterocycles. The first kappa shape index (κ1) is 23.3. The Balaban J connectivity index is 1.55. The molecule has 6 nitrogen and oxygen atoms in total. The maximum absolute atomic E-state index is 13.6. The Kier molecular flexibility index (Phi) is 5.97. The Hall–Kier alpha value is -3.45. The van der Waals surface area contributed by atoms with E-state index in [2.05, 4.69) is 31.1 Å². The summed E-state index contributed by atoms with van der Waals surface area (Å²) in [5, 5.41) is 4.31. The average molecular weight is 489 g/mol. The minimum atomic E-state index is -0.414. The van der Waals surface area contributed by atoms with E-state index in [0.717, 1.165) is 35.1 Å². The molecule has 0 radical (unpaired) electrons. The van der Waals surface area contributed by atoms with Gasteiger partial charge < -0.3 is 14.5 Å². The zero-order chi connectivity index (χ0) is 24.7. The van der Waals surface area contributed by atoms with Crippen molar-refractivity contribution in [3.05, 3.63) is 70.3 Å². The lowest BCUT2D eigenvalue weighted by Crippen LogP contribution is -2.26. The first-order valence-electron chi connectivity index (χ1n) is 11.7. The number of ether oxygens (including phenoxy) is 1. The van der Waals surface area contributed by atoms with Crippen molar-refractivity contribution in [1.29, 1.82) is 0 Å². The fourth-order valence-electron chi connectivity index (χ4n) is 4.82. The number of pyridine rings is 1. The second-order valence-electron chi connectivity index (χ2n) is 10.0. The summed E-state index contributed by atoms with van der Waals surface area (Å²) in [6.07, 6.45) is 4.28. The number of rotatable bonds is 4. The summed E-state index contributed by atoms with van der Waals surface area (Å²) < 4.78 is 10.6. The molecule has 35 heavy (non-hydrogen) atoms. The predicted octanol–water partition coefficient (Wildman–Crippen LogP) is 6.75. The Labute approximate surface area is 208 Å². The van der Waals surface area contributed by atoms with Gasteiger partial charge in [0.15, 0.2) is 5.76 Å². The Morgan fingerprint density at radius 1 is 1.17 bits per heavy atom. The monoisotopic (exact) mass is 488 g/mol. The minimum absolute atomic E-state index is 0.175. The molecule has 1 aliphatic carbocycles. The zero-order valence-corrected chi connectivity index (χ0v) is 21.1. The molecular formula is C28H28N2O4S. The molecule has 0 bridgehead atoms. The van der Waals surface area contributed by atoms with Crippen LogP contribution in [-0.4, -0.2) is 24.0 Å². The molecule has 3 aromatic heterocycles. The number of fused-ring (bicyclic) bond motifs is 2. The van der Waals surface area contributed by atoms with E-state index in [0.29, 0.717) is 39.0 Å². The molecule has 1 N–H and O–H groups in total. The quantitative estimate of drug-likeness (QED) is 0.322. The lowest BCUT2D eigenvalue weighted by Gasteiger charge is -2.33. The third-order valence-electron chi connectivity index (χ3n) is 6.84. The second-order valence-corrected chi connectivity index (χ2v) is 11.1. The van der Waals surface area contributed by atoms with Gasteiger partial charge in [-0.1, -0.05) is 39.0 Å². The number of para-hydroxylation sites is 1. The summed E-state index contributed by atoms with van der Waals surface area (Å²) in [7, 11) is 1.38. The second kappa shape index (κ2) is 8.96. The zero-order valence-electron chi connectivity index (χ0n) is 20.3. The Morgan fingerprint density at radius 3 is 2.69 bits per heavy atom. The number of hydrogen-bond acceptors (Lipinski definition) is 6. The Bertz CT molecular complexity index is 1410. The van der Waals surface area contributed by atoms with Gasteiger partial charge in [-0.15, -0.1) is 11.3 Å². The number of benzene rings is 1. The van der Waals surface area contributed by atoms with Crippen LogP contribution in [0.25, 0.3) is 22.4 Å². The van der Waals surface area contributed by atoms with Crippen LogP contribution in [0.2, 0.25) is 0 Å². The molecule has 180 valence electrons. The summed E-state index contributed by atoms with van der Waals surface area (Å²) in [4.78, 5) is 32.3. The van der Waals surface area contributed by atoms with E-state index >= 15 is 0 Å². The number of nitrogens with zero attached hydrogens (tertiary/aromatic N) is 1. The van der Waals surface area contributed by atoms with Crippen LogP contribution in [0.3, 0.4) is 0 Å². The number of hydrogen-bond donors (Lipinski definition) is 1. The van der Waals surface area contributed by atoms with E-state index < -0.39 is 5.97 Å². The van der Waals surface area contributed by atoms with Crippen molar-refractivity contribution < 1.29 is 18.7 Å². The highest BCUT2D eigenvalue weighted by Crippen LogP contribution is 2.44. The van der Waals surface area contributed by atoms with Crippen molar-refractivity contribution in [3.63, 3.8) is 0 Å². The van der Waals surface area contributed by atoms with Crippen LogP contribution >= 0.6 is 11.3 Å². The van der Waals surface area contributed by atoms with Gasteiger partial charge in [0.2, 0.25) is 0 Å². The van der Waals surface area contributed by atoms with Crippen LogP contribution in [0.4, 0.5) is 5.00 Å². The molecule has 1 aromatic carbocycles. The summed E-state index contributed by atoms with van der Waals surface area (Å²) in [6, 6.07) is 12.8. The van der Waals surface area contributed by atoms with Gasteiger partial charge in [0.1, 0.15) is 10.7 Å². The van der Waals surface area contributed by atoms with Crippen molar-refractivity contribution in [2.75, 3.05) is 12.4 Å². The number of nitrogens with one attached hydrogen (secondary N) is 1. The first-order chi connectivity index (χ1) is 16.8. The van der Waals surface area contributed by atoms with Gasteiger partial charge in [-0.2, -0.15) is 0 Å². The van der Waals surface area contributed by atoms with E-state index in [1.165, 1.54) is 18.4 Å². The minimum Gasteiger partial charge on any atom is -0.465 e. The van der Waals surface area contributed by atoms with Crippen LogP contribution in [0.15, 0.2) is 53.1 Å². The largest absolute Gasteiger partial charge is 0.465 e. The highest BCUT2D eigenvalue weighted by atomic mass is 32.1. The van der Waals surface area contributed by atoms with Gasteiger partial charge in [-0.05, 0) is 60.4 Å². The predicted molar refractivity (Wildman–Crippen MR) is 138 cm³/mol. The van der Waals surface area contributed by atoms with Crippen LogP contribution in [0, 0.1) is 11.3 Å². The maximum Gasteiger partial charge on any atom is 0.341 e. The average Bonchev–Trinajstić information content (AvgIpc) is 3.50. The number of thiophene rings is 1. The van der Waals surface area contributed by atoms with E-state index in [4.69, 9.17) is 9.15 Å². The van der Waals surface area contributed by atoms with E-state index in [9.17, 15) is 9.59 Å². The molecule has 0 fully saturated rings. The van der Waals surface area contributed by atoms with Crippen molar-refractivity contribution in [2.45, 2.75) is 40.0 Å². The van der Waals surface area contributed by atoms with E-state index in [1.807, 2.05) is 30.3 Å². The molecule has 1 atom stereocenters. The normalized spacial score (nSPS) is 15.6. The third-order valence-corrected chi connectivity index (χ3v) is 8.01. The molecule has 1 aliphatic rings. The van der Waals surface area contributed by atoms with Crippen molar-refractivity contribution in [1.82, 2.24) is 4.98 Å². The molecule has 1 amide bonds. The van der Waals surface area contributed by atoms with Crippen molar-refractivity contribution in [2.24, 2.45) is 11.3 Å². The lowest BCUT2D eigenvalue weighted by molar-refractivity contribution is 0.0600. The smallest absolute Gasteiger partial charge is 0.341 e. The summed E-state index contributed by atoms with van der Waals surface area (Å²) >= 11 is 1.49. The van der Waals surface area contributed by atoms with Gasteiger partial charge in [0, 0.05) is 10.3 Å². The summed E-state index contributed by atoms with van der Waals surface area (Å²) in [5.41, 5.74) is 3.40. The number of methoxy groups -OCH3 is 1. The van der Waals surface area contributed by atoms with Gasteiger partial charge in [0.25, 0.3) is 5.91 Å². The molecule has 0 unspecified atom stereocenters. The number of anilines is 1. The molecule has 3 heterocycles. The van der Waals surface area contributed by atoms with Gasteiger partial charge >= 0.3 is 5.97 Å². The first-order valence-corrected chi connectivity index (χ1v) is 12.6. The molecule has 0 spiro atoms. The topological polar surface area (TPSA) is 81.4 Å². The van der Waals surface area contributed by atoms with Gasteiger partial charge in [0.05, 0.1) is 30.0 Å². The highest BCUT2D eigenvalue weighted by Gasteiger charge is 2.34. The lowest BCUT2D eigenvalue weighted by atomic mass is 9.72. The maximum atomic E-state index is 13.6. The van der Waals surface area contributed by atoms with Crippen molar-refractivity contribution in [3.8, 4) is 11.5 Å². The number of carbonyl (C=O) groups excluding carboxylic acids is 2. The third kappa shape index (κ3) is 4.36. The standard InChI is InChI=1S/C28H28N2O4S/c1-28(2,3)16-11-12-18-23(14-16)35-26(24(18)27(32)33-4)30-25(31)19-15-21(22-10-7-13-34-22)29-20-9-6-5-8-17(19)20/h5-10,13,15-16H,11-12,14H2,1-4H3,(H,30,31)/t16-/m1/s1. The molecule has 0 saturated heterocycles. The Morgan fingerprint density at radius 2 is 1.97 bits per heavy atom. The number of esters is 1. The number of aromatic nitrogens is 1. The van der Waals surface area contributed by atoms with Crippen molar-refractivity contribution >= 4 is 39.1 Å². The fourth-order valence-corrected chi connectivity index (χ4v) is 6.13. The SMILES string of the molecule is COC(=O)c1c(NC(=O)c2cc(-c3ccco3)nc3ccccc23)sc2c1CC[C@@H](C(C)(C)C)C2. The van der Waals surface area contributed by atoms with Gasteiger partial charge in [-0.3, -0.25) is 4.79 Å². The molecule has 7 heteroatoms. The van der Waals surface area contributed by atoms with Crippen LogP contribution in [-0.2, 0) is 17.6 Å². The molecule has 5 rings (SSSR count). The molecule has 4 aromatic rings. The summed E-state index contributed by atoms with van der Waals surface area (Å²) in [5.74, 6) is 0.387. The highest BCUT2D eigenvalue weighted by molar-refractivity contribution is 7.17. The number of amides is 1. The van der Waals surface area contributed by atoms with Crippen LogP contribution in [0.1, 0.15) is 58.3 Å². The van der Waals surface area contributed by atoms with Gasteiger partial charge in [-0.25, -0.2) is 9.78 Å². The summed E-state index contributed by atoms with van der Waals surface area (Å²) in [6.45, 7) is 6.77.